The molecule has 0 radical (unpaired) electrons. The highest BCUT2D eigenvalue weighted by Gasteiger charge is 2.19. The van der Waals surface area contributed by atoms with Crippen molar-refractivity contribution in [2.45, 2.75) is 25.8 Å². The number of hydrogen-bond donors (Lipinski definition) is 3. The molecular weight excluding hydrogens is 223 g/mol. The summed E-state index contributed by atoms with van der Waals surface area (Å²) in [5.41, 5.74) is 6.31. The predicted octanol–water partition coefficient (Wildman–Crippen LogP) is 1.99. The predicted molar refractivity (Wildman–Crippen MR) is 66.8 cm³/mol. The molecule has 0 heterocycles. The lowest BCUT2D eigenvalue weighted by atomic mass is 10.0. The second kappa shape index (κ2) is 5.23. The summed E-state index contributed by atoms with van der Waals surface area (Å²) in [7, 11) is 1.40. The average molecular weight is 242 g/mol. The lowest BCUT2D eigenvalue weighted by Gasteiger charge is -2.27. The van der Waals surface area contributed by atoms with Crippen molar-refractivity contribution in [2.24, 2.45) is 0 Å². The van der Waals surface area contributed by atoms with Gasteiger partial charge < -0.3 is 20.9 Å². The van der Waals surface area contributed by atoms with E-state index >= 15 is 0 Å². The van der Waals surface area contributed by atoms with E-state index in [0.29, 0.717) is 17.8 Å². The van der Waals surface area contributed by atoms with Crippen molar-refractivity contribution >= 4 is 11.4 Å². The zero-order valence-corrected chi connectivity index (χ0v) is 10.4. The molecule has 0 saturated carbocycles. The van der Waals surface area contributed by atoms with Crippen LogP contribution in [0.1, 0.15) is 20.3 Å². The number of nitrogen functional groups attached to an aromatic ring is 1. The van der Waals surface area contributed by atoms with Crippen LogP contribution in [0.3, 0.4) is 0 Å². The maximum atomic E-state index is 13.3. The third-order valence-corrected chi connectivity index (χ3v) is 2.53. The first-order chi connectivity index (χ1) is 7.89. The summed E-state index contributed by atoms with van der Waals surface area (Å²) in [5.74, 6) is -0.350. The maximum Gasteiger partial charge on any atom is 0.167 e. The molecule has 0 aliphatic heterocycles. The number of nitrogens with one attached hydrogen (secondary N) is 1. The Kier molecular flexibility index (Phi) is 4.17. The molecule has 96 valence electrons. The Balaban J connectivity index is 2.98. The first-order valence-corrected chi connectivity index (χ1v) is 5.41. The highest BCUT2D eigenvalue weighted by atomic mass is 19.1. The second-order valence-electron chi connectivity index (χ2n) is 4.56. The van der Waals surface area contributed by atoms with Crippen molar-refractivity contribution in [1.29, 1.82) is 0 Å². The SMILES string of the molecule is COc1cc(NC(C)(C)CCO)c(N)cc1F. The summed E-state index contributed by atoms with van der Waals surface area (Å²) in [4.78, 5) is 0. The van der Waals surface area contributed by atoms with Gasteiger partial charge in [-0.15, -0.1) is 0 Å². The Morgan fingerprint density at radius 1 is 1.47 bits per heavy atom. The lowest BCUT2D eigenvalue weighted by molar-refractivity contribution is 0.261. The fraction of sp³-hybridized carbons (Fsp3) is 0.500. The fourth-order valence-electron chi connectivity index (χ4n) is 1.54. The van der Waals surface area contributed by atoms with Crippen LogP contribution in [-0.4, -0.2) is 24.4 Å². The highest BCUT2D eigenvalue weighted by molar-refractivity contribution is 5.69. The molecule has 0 fully saturated rings. The molecule has 0 aromatic heterocycles. The summed E-state index contributed by atoms with van der Waals surface area (Å²) in [5, 5.41) is 12.1. The molecule has 1 aromatic carbocycles. The molecule has 4 nitrogen and oxygen atoms in total. The third-order valence-electron chi connectivity index (χ3n) is 2.53. The quantitative estimate of drug-likeness (QED) is 0.691. The largest absolute Gasteiger partial charge is 0.494 e. The molecule has 0 aliphatic carbocycles. The standard InChI is InChI=1S/C12H19FN2O2/c1-12(2,4-5-16)15-10-7-11(17-3)8(13)6-9(10)14/h6-7,15-16H,4-5,14H2,1-3H3. The topological polar surface area (TPSA) is 67.5 Å². The zero-order chi connectivity index (χ0) is 13.1. The van der Waals surface area contributed by atoms with E-state index in [9.17, 15) is 4.39 Å². The van der Waals surface area contributed by atoms with E-state index in [0.717, 1.165) is 0 Å². The number of halogens is 1. The van der Waals surface area contributed by atoms with Gasteiger partial charge >= 0.3 is 0 Å². The molecule has 0 aliphatic rings. The van der Waals surface area contributed by atoms with Crippen molar-refractivity contribution in [3.63, 3.8) is 0 Å². The highest BCUT2D eigenvalue weighted by Crippen LogP contribution is 2.30. The van der Waals surface area contributed by atoms with Gasteiger partial charge in [0.05, 0.1) is 18.5 Å². The van der Waals surface area contributed by atoms with Crippen molar-refractivity contribution in [1.82, 2.24) is 0 Å². The summed E-state index contributed by atoms with van der Waals surface area (Å²) < 4.78 is 18.2. The van der Waals surface area contributed by atoms with Crippen LogP contribution in [0, 0.1) is 5.82 Å². The van der Waals surface area contributed by atoms with Crippen molar-refractivity contribution in [2.75, 3.05) is 24.8 Å². The van der Waals surface area contributed by atoms with Crippen LogP contribution >= 0.6 is 0 Å². The van der Waals surface area contributed by atoms with E-state index in [-0.39, 0.29) is 17.9 Å². The second-order valence-corrected chi connectivity index (χ2v) is 4.56. The Labute approximate surface area is 101 Å². The molecule has 0 unspecified atom stereocenters. The van der Waals surface area contributed by atoms with Crippen LogP contribution in [0.2, 0.25) is 0 Å². The van der Waals surface area contributed by atoms with Gasteiger partial charge in [0.1, 0.15) is 0 Å². The van der Waals surface area contributed by atoms with Gasteiger partial charge in [0.2, 0.25) is 0 Å². The Hall–Kier alpha value is -1.49. The van der Waals surface area contributed by atoms with Crippen LogP contribution in [0.5, 0.6) is 5.75 Å². The molecular formula is C12H19FN2O2. The number of aliphatic hydroxyl groups is 1. The van der Waals surface area contributed by atoms with E-state index in [2.05, 4.69) is 5.32 Å². The molecule has 0 spiro atoms. The Bertz CT molecular complexity index is 394. The Morgan fingerprint density at radius 2 is 2.12 bits per heavy atom. The normalized spacial score (nSPS) is 11.4. The van der Waals surface area contributed by atoms with Crippen LogP contribution in [-0.2, 0) is 0 Å². The number of benzene rings is 1. The van der Waals surface area contributed by atoms with Gasteiger partial charge in [-0.1, -0.05) is 0 Å². The third kappa shape index (κ3) is 3.49. The summed E-state index contributed by atoms with van der Waals surface area (Å²) in [6.45, 7) is 3.93. The van der Waals surface area contributed by atoms with E-state index in [4.69, 9.17) is 15.6 Å². The van der Waals surface area contributed by atoms with E-state index in [1.165, 1.54) is 19.2 Å². The van der Waals surface area contributed by atoms with E-state index < -0.39 is 5.82 Å². The van der Waals surface area contributed by atoms with Gasteiger partial charge in [-0.05, 0) is 20.3 Å². The van der Waals surface area contributed by atoms with Crippen LogP contribution in [0.15, 0.2) is 12.1 Å². The summed E-state index contributed by atoms with van der Waals surface area (Å²) in [6.07, 6.45) is 0.562. The average Bonchev–Trinajstić information content (AvgIpc) is 2.21. The maximum absolute atomic E-state index is 13.3. The molecule has 0 atom stereocenters. The molecule has 4 N–H and O–H groups in total. The summed E-state index contributed by atoms with van der Waals surface area (Å²) in [6, 6.07) is 2.74. The number of aliphatic hydroxyl groups excluding tert-OH is 1. The lowest BCUT2D eigenvalue weighted by Crippen LogP contribution is -2.32. The molecule has 1 aromatic rings. The minimum Gasteiger partial charge on any atom is -0.494 e. The van der Waals surface area contributed by atoms with Crippen molar-refractivity contribution in [3.05, 3.63) is 17.9 Å². The smallest absolute Gasteiger partial charge is 0.167 e. The molecule has 0 amide bonds. The number of ether oxygens (including phenoxy) is 1. The minimum absolute atomic E-state index is 0.0677. The zero-order valence-electron chi connectivity index (χ0n) is 10.4. The van der Waals surface area contributed by atoms with Gasteiger partial charge in [0.15, 0.2) is 11.6 Å². The number of hydrogen-bond acceptors (Lipinski definition) is 4. The van der Waals surface area contributed by atoms with Crippen LogP contribution < -0.4 is 15.8 Å². The minimum atomic E-state index is -0.490. The van der Waals surface area contributed by atoms with Crippen molar-refractivity contribution in [3.8, 4) is 5.75 Å². The van der Waals surface area contributed by atoms with E-state index in [1.54, 1.807) is 0 Å². The van der Waals surface area contributed by atoms with Gasteiger partial charge in [0.25, 0.3) is 0 Å². The van der Waals surface area contributed by atoms with Gasteiger partial charge in [-0.3, -0.25) is 0 Å². The number of nitrogens with two attached hydrogens (primary N) is 1. The number of rotatable bonds is 5. The monoisotopic (exact) mass is 242 g/mol. The van der Waals surface area contributed by atoms with Crippen molar-refractivity contribution < 1.29 is 14.2 Å². The Morgan fingerprint density at radius 3 is 2.65 bits per heavy atom. The van der Waals surface area contributed by atoms with E-state index in [1.807, 2.05) is 13.8 Å². The van der Waals surface area contributed by atoms with Gasteiger partial charge in [-0.2, -0.15) is 0 Å². The van der Waals surface area contributed by atoms with Gasteiger partial charge in [0, 0.05) is 24.3 Å². The molecule has 1 rings (SSSR count). The van der Waals surface area contributed by atoms with Gasteiger partial charge in [-0.25, -0.2) is 4.39 Å². The first kappa shape index (κ1) is 13.6. The summed E-state index contributed by atoms with van der Waals surface area (Å²) >= 11 is 0. The van der Waals surface area contributed by atoms with Crippen LogP contribution in [0.4, 0.5) is 15.8 Å². The molecule has 17 heavy (non-hydrogen) atoms. The number of methoxy groups -OCH3 is 1. The fourth-order valence-corrected chi connectivity index (χ4v) is 1.54. The first-order valence-electron chi connectivity index (χ1n) is 5.41. The molecule has 5 heteroatoms. The molecule has 0 bridgehead atoms. The van der Waals surface area contributed by atoms with Crippen LogP contribution in [0.25, 0.3) is 0 Å². The number of anilines is 2. The molecule has 0 saturated heterocycles.